The molecule has 1 heterocycles. The maximum absolute atomic E-state index is 12.6. The number of hydrogen-bond acceptors (Lipinski definition) is 7. The molecule has 0 spiro atoms. The molecule has 1 atom stereocenters. The lowest BCUT2D eigenvalue weighted by Crippen LogP contribution is -2.34. The molecule has 170 valence electrons. The summed E-state index contributed by atoms with van der Waals surface area (Å²) in [5.74, 6) is -2.41. The molecular formula is C21H21ClN2O7S. The van der Waals surface area contributed by atoms with Crippen LogP contribution < -0.4 is 10.0 Å². The van der Waals surface area contributed by atoms with Crippen LogP contribution in [0.15, 0.2) is 53.4 Å². The van der Waals surface area contributed by atoms with Crippen LogP contribution in [0.3, 0.4) is 0 Å². The largest absolute Gasteiger partial charge is 0.452 e. The van der Waals surface area contributed by atoms with Gasteiger partial charge in [0.05, 0.1) is 16.7 Å². The number of hydrogen-bond donors (Lipinski definition) is 2. The summed E-state index contributed by atoms with van der Waals surface area (Å²) in [4.78, 5) is 35.9. The Bertz CT molecular complexity index is 1100. The summed E-state index contributed by atoms with van der Waals surface area (Å²) < 4.78 is 37.9. The molecule has 9 nitrogen and oxygen atoms in total. The molecule has 1 saturated heterocycles. The highest BCUT2D eigenvalue weighted by molar-refractivity contribution is 7.89. The zero-order valence-corrected chi connectivity index (χ0v) is 18.4. The van der Waals surface area contributed by atoms with Gasteiger partial charge in [0.1, 0.15) is 4.90 Å². The minimum absolute atomic E-state index is 0.0763. The molecule has 0 aromatic heterocycles. The van der Waals surface area contributed by atoms with E-state index in [9.17, 15) is 22.8 Å². The van der Waals surface area contributed by atoms with Crippen molar-refractivity contribution in [1.82, 2.24) is 10.0 Å². The molecule has 1 fully saturated rings. The maximum Gasteiger partial charge on any atom is 0.338 e. The molecular weight excluding hydrogens is 460 g/mol. The Morgan fingerprint density at radius 2 is 1.84 bits per heavy atom. The van der Waals surface area contributed by atoms with Gasteiger partial charge in [0.25, 0.3) is 11.8 Å². The van der Waals surface area contributed by atoms with Crippen LogP contribution in [0.25, 0.3) is 0 Å². The molecule has 1 unspecified atom stereocenters. The van der Waals surface area contributed by atoms with Crippen LogP contribution in [-0.4, -0.2) is 52.1 Å². The van der Waals surface area contributed by atoms with Crippen molar-refractivity contribution < 1.29 is 32.3 Å². The average molecular weight is 481 g/mol. The molecule has 11 heteroatoms. The van der Waals surface area contributed by atoms with E-state index < -0.39 is 34.4 Å². The molecule has 1 aliphatic heterocycles. The van der Waals surface area contributed by atoms with Crippen LogP contribution in [0.5, 0.6) is 0 Å². The fourth-order valence-corrected chi connectivity index (χ4v) is 4.55. The third kappa shape index (κ3) is 6.36. The molecule has 0 bridgehead atoms. The second kappa shape index (κ2) is 10.7. The Hall–Kier alpha value is -2.79. The first kappa shape index (κ1) is 23.9. The lowest BCUT2D eigenvalue weighted by molar-refractivity contribution is -0.123. The van der Waals surface area contributed by atoms with Crippen LogP contribution in [-0.2, 0) is 24.3 Å². The van der Waals surface area contributed by atoms with Gasteiger partial charge in [-0.1, -0.05) is 29.8 Å². The highest BCUT2D eigenvalue weighted by Crippen LogP contribution is 2.23. The van der Waals surface area contributed by atoms with E-state index in [1.165, 1.54) is 24.3 Å². The van der Waals surface area contributed by atoms with Gasteiger partial charge < -0.3 is 9.47 Å². The van der Waals surface area contributed by atoms with E-state index >= 15 is 0 Å². The lowest BCUT2D eigenvalue weighted by atomic mass is 10.2. The fourth-order valence-electron chi connectivity index (χ4n) is 2.96. The predicted octanol–water partition coefficient (Wildman–Crippen LogP) is 1.91. The van der Waals surface area contributed by atoms with Gasteiger partial charge in [-0.3, -0.25) is 14.9 Å². The summed E-state index contributed by atoms with van der Waals surface area (Å²) in [5, 5.41) is 2.02. The number of ether oxygens (including phenoxy) is 2. The SMILES string of the molecule is O=C(COC(=O)c1ccc(Cl)c(S(=O)(=O)NCC2CCCO2)c1)NC(=O)c1ccccc1. The number of rotatable bonds is 8. The second-order valence-corrected chi connectivity index (χ2v) is 9.09. The maximum atomic E-state index is 12.6. The molecule has 1 aliphatic rings. The lowest BCUT2D eigenvalue weighted by Gasteiger charge is -2.13. The molecule has 3 rings (SSSR count). The molecule has 2 N–H and O–H groups in total. The Kier molecular flexibility index (Phi) is 7.97. The first-order valence-corrected chi connectivity index (χ1v) is 11.6. The Morgan fingerprint density at radius 1 is 1.09 bits per heavy atom. The third-order valence-corrected chi connectivity index (χ3v) is 6.51. The Labute approximate surface area is 190 Å². The van der Waals surface area contributed by atoms with Gasteiger partial charge in [-0.2, -0.15) is 0 Å². The van der Waals surface area contributed by atoms with Crippen LogP contribution in [0.1, 0.15) is 33.6 Å². The van der Waals surface area contributed by atoms with Gasteiger partial charge in [-0.25, -0.2) is 17.9 Å². The summed E-state index contributed by atoms with van der Waals surface area (Å²) in [7, 11) is -4.01. The second-order valence-electron chi connectivity index (χ2n) is 6.95. The van der Waals surface area contributed by atoms with Crippen molar-refractivity contribution in [3.05, 3.63) is 64.7 Å². The van der Waals surface area contributed by atoms with Crippen molar-refractivity contribution in [1.29, 1.82) is 0 Å². The number of imide groups is 1. The summed E-state index contributed by atoms with van der Waals surface area (Å²) >= 11 is 6.02. The van der Waals surface area contributed by atoms with E-state index in [4.69, 9.17) is 21.1 Å². The van der Waals surface area contributed by atoms with E-state index in [2.05, 4.69) is 10.0 Å². The molecule has 2 amide bonds. The topological polar surface area (TPSA) is 128 Å². The molecule has 0 aliphatic carbocycles. The fraction of sp³-hybridized carbons (Fsp3) is 0.286. The van der Waals surface area contributed by atoms with Crippen LogP contribution in [0.4, 0.5) is 0 Å². The van der Waals surface area contributed by atoms with E-state index in [0.717, 1.165) is 18.9 Å². The van der Waals surface area contributed by atoms with Gasteiger partial charge in [0, 0.05) is 18.7 Å². The summed E-state index contributed by atoms with van der Waals surface area (Å²) in [6.07, 6.45) is 1.39. The minimum Gasteiger partial charge on any atom is -0.452 e. The van der Waals surface area contributed by atoms with Gasteiger partial charge in [0.2, 0.25) is 10.0 Å². The van der Waals surface area contributed by atoms with Gasteiger partial charge in [-0.05, 0) is 43.2 Å². The van der Waals surface area contributed by atoms with Gasteiger partial charge in [0.15, 0.2) is 6.61 Å². The molecule has 32 heavy (non-hydrogen) atoms. The zero-order chi connectivity index (χ0) is 23.1. The standard InChI is InChI=1S/C21H21ClN2O7S/c22-17-9-8-15(11-18(17)32(28,29)23-12-16-7-4-10-30-16)21(27)31-13-19(25)24-20(26)14-5-2-1-3-6-14/h1-3,5-6,8-9,11,16,23H,4,7,10,12-13H2,(H,24,25,26). The number of nitrogens with one attached hydrogen (secondary N) is 2. The summed E-state index contributed by atoms with van der Waals surface area (Å²) in [5.41, 5.74) is 0.157. The van der Waals surface area contributed by atoms with Crippen LogP contribution in [0, 0.1) is 0 Å². The number of esters is 1. The summed E-state index contributed by atoms with van der Waals surface area (Å²) in [6.45, 7) is -0.0542. The molecule has 2 aromatic carbocycles. The van der Waals surface area contributed by atoms with Crippen molar-refractivity contribution in [3.8, 4) is 0 Å². The first-order chi connectivity index (χ1) is 15.3. The van der Waals surface area contributed by atoms with Crippen molar-refractivity contribution in [2.45, 2.75) is 23.8 Å². The van der Waals surface area contributed by atoms with Gasteiger partial charge in [-0.15, -0.1) is 0 Å². The van der Waals surface area contributed by atoms with Crippen molar-refractivity contribution in [3.63, 3.8) is 0 Å². The van der Waals surface area contributed by atoms with E-state index in [-0.39, 0.29) is 33.7 Å². The number of amides is 2. The van der Waals surface area contributed by atoms with Gasteiger partial charge >= 0.3 is 5.97 Å². The monoisotopic (exact) mass is 480 g/mol. The number of halogens is 1. The number of carbonyl (C=O) groups excluding carboxylic acids is 3. The number of benzene rings is 2. The Morgan fingerprint density at radius 3 is 2.53 bits per heavy atom. The third-order valence-electron chi connectivity index (χ3n) is 4.60. The normalized spacial score (nSPS) is 15.8. The minimum atomic E-state index is -4.01. The van der Waals surface area contributed by atoms with E-state index in [1.807, 2.05) is 0 Å². The smallest absolute Gasteiger partial charge is 0.338 e. The molecule has 0 radical (unpaired) electrons. The van der Waals surface area contributed by atoms with Crippen molar-refractivity contribution in [2.24, 2.45) is 0 Å². The summed E-state index contributed by atoms with van der Waals surface area (Å²) in [6, 6.07) is 11.6. The van der Waals surface area contributed by atoms with Crippen molar-refractivity contribution >= 4 is 39.4 Å². The quantitative estimate of drug-likeness (QED) is 0.552. The van der Waals surface area contributed by atoms with Crippen molar-refractivity contribution in [2.75, 3.05) is 19.8 Å². The molecule has 0 saturated carbocycles. The zero-order valence-electron chi connectivity index (χ0n) is 16.9. The van der Waals surface area contributed by atoms with E-state index in [0.29, 0.717) is 6.61 Å². The predicted molar refractivity (Wildman–Crippen MR) is 115 cm³/mol. The van der Waals surface area contributed by atoms with Crippen LogP contribution in [0.2, 0.25) is 5.02 Å². The van der Waals surface area contributed by atoms with Crippen LogP contribution >= 0.6 is 11.6 Å². The average Bonchev–Trinajstić information content (AvgIpc) is 3.31. The number of carbonyl (C=O) groups is 3. The highest BCUT2D eigenvalue weighted by Gasteiger charge is 2.24. The Balaban J connectivity index is 1.59. The van der Waals surface area contributed by atoms with E-state index in [1.54, 1.807) is 18.2 Å². The number of sulfonamides is 1. The first-order valence-electron chi connectivity index (χ1n) is 9.73. The highest BCUT2D eigenvalue weighted by atomic mass is 35.5. The molecule has 2 aromatic rings.